The molecule has 6 heteroatoms. The topological polar surface area (TPSA) is 67.4 Å². The Hall–Kier alpha value is -1.82. The molecule has 2 aliphatic rings. The maximum Gasteiger partial charge on any atom is 0.338 e. The summed E-state index contributed by atoms with van der Waals surface area (Å²) in [4.78, 5) is 24.4. The van der Waals surface area contributed by atoms with E-state index in [-0.39, 0.29) is 17.9 Å². The van der Waals surface area contributed by atoms with Gasteiger partial charge in [0.1, 0.15) is 0 Å². The molecule has 1 saturated carbocycles. The fourth-order valence-corrected chi connectivity index (χ4v) is 3.07. The maximum absolute atomic E-state index is 12.4. The van der Waals surface area contributed by atoms with Crippen molar-refractivity contribution in [3.05, 3.63) is 45.6 Å². The molecule has 1 heterocycles. The van der Waals surface area contributed by atoms with Crippen LogP contribution in [0.15, 0.2) is 40.0 Å². The summed E-state index contributed by atoms with van der Waals surface area (Å²) in [6.07, 6.45) is 1.98. The van der Waals surface area contributed by atoms with Crippen LogP contribution >= 0.6 is 15.9 Å². The average molecular weight is 365 g/mol. The number of halogens is 1. The van der Waals surface area contributed by atoms with E-state index in [0.717, 1.165) is 22.9 Å². The highest BCUT2D eigenvalue weighted by Crippen LogP contribution is 2.41. The number of urea groups is 1. The van der Waals surface area contributed by atoms with Gasteiger partial charge < -0.3 is 15.4 Å². The third kappa shape index (κ3) is 3.02. The van der Waals surface area contributed by atoms with E-state index in [1.54, 1.807) is 6.92 Å². The first-order valence-electron chi connectivity index (χ1n) is 7.34. The first-order chi connectivity index (χ1) is 10.6. The number of esters is 1. The molecular weight excluding hydrogens is 348 g/mol. The van der Waals surface area contributed by atoms with Crippen LogP contribution in [0.4, 0.5) is 4.79 Å². The van der Waals surface area contributed by atoms with Gasteiger partial charge in [-0.05, 0) is 43.4 Å². The molecule has 1 fully saturated rings. The van der Waals surface area contributed by atoms with Crippen molar-refractivity contribution in [1.29, 1.82) is 0 Å². The normalized spacial score (nSPS) is 21.2. The molecule has 1 aromatic rings. The largest absolute Gasteiger partial charge is 0.463 e. The first-order valence-corrected chi connectivity index (χ1v) is 8.13. The minimum Gasteiger partial charge on any atom is -0.463 e. The summed E-state index contributed by atoms with van der Waals surface area (Å²) in [5, 5.41) is 5.63. The van der Waals surface area contributed by atoms with Crippen molar-refractivity contribution in [2.45, 2.75) is 25.8 Å². The number of amides is 2. The Morgan fingerprint density at radius 2 is 2.18 bits per heavy atom. The lowest BCUT2D eigenvalue weighted by atomic mass is 9.94. The molecule has 22 heavy (non-hydrogen) atoms. The van der Waals surface area contributed by atoms with Crippen LogP contribution in [0.2, 0.25) is 0 Å². The molecule has 0 radical (unpaired) electrons. The van der Waals surface area contributed by atoms with E-state index < -0.39 is 6.04 Å². The van der Waals surface area contributed by atoms with Gasteiger partial charge in [0.05, 0.1) is 18.2 Å². The molecule has 5 nitrogen and oxygen atoms in total. The number of nitrogens with one attached hydrogen (secondary N) is 2. The smallest absolute Gasteiger partial charge is 0.338 e. The molecule has 2 N–H and O–H groups in total. The number of ether oxygens (including phenoxy) is 1. The molecule has 1 atom stereocenters. The van der Waals surface area contributed by atoms with E-state index in [4.69, 9.17) is 4.74 Å². The molecule has 0 bridgehead atoms. The summed E-state index contributed by atoms with van der Waals surface area (Å²) in [5.74, 6) is -0.123. The van der Waals surface area contributed by atoms with Gasteiger partial charge in [-0.3, -0.25) is 0 Å². The van der Waals surface area contributed by atoms with Crippen LogP contribution in [0.3, 0.4) is 0 Å². The molecular formula is C16H17BrN2O3. The monoisotopic (exact) mass is 364 g/mol. The highest BCUT2D eigenvalue weighted by atomic mass is 79.9. The minimum absolute atomic E-state index is 0.250. The average Bonchev–Trinajstić information content (AvgIpc) is 3.31. The molecule has 1 aliphatic heterocycles. The summed E-state index contributed by atoms with van der Waals surface area (Å²) in [6.45, 7) is 2.08. The predicted molar refractivity (Wildman–Crippen MR) is 84.9 cm³/mol. The Bertz CT molecular complexity index is 653. The van der Waals surface area contributed by atoms with Crippen molar-refractivity contribution >= 4 is 27.9 Å². The number of hydrogen-bond acceptors (Lipinski definition) is 3. The number of hydrogen-bond donors (Lipinski definition) is 2. The van der Waals surface area contributed by atoms with E-state index in [1.165, 1.54) is 0 Å². The van der Waals surface area contributed by atoms with Crippen molar-refractivity contribution in [3.63, 3.8) is 0 Å². The number of allylic oxidation sites excluding steroid dienone is 1. The molecule has 0 aromatic heterocycles. The van der Waals surface area contributed by atoms with E-state index in [1.807, 2.05) is 24.3 Å². The third-order valence-corrected chi connectivity index (χ3v) is 4.26. The number of carbonyl (C=O) groups excluding carboxylic acids is 2. The van der Waals surface area contributed by atoms with Crippen LogP contribution in [0.5, 0.6) is 0 Å². The molecule has 0 saturated heterocycles. The van der Waals surface area contributed by atoms with Crippen molar-refractivity contribution < 1.29 is 14.3 Å². The van der Waals surface area contributed by atoms with Crippen LogP contribution in [0.1, 0.15) is 31.4 Å². The van der Waals surface area contributed by atoms with E-state index >= 15 is 0 Å². The van der Waals surface area contributed by atoms with Gasteiger partial charge in [0.25, 0.3) is 0 Å². The molecule has 1 unspecified atom stereocenters. The van der Waals surface area contributed by atoms with Gasteiger partial charge in [-0.15, -0.1) is 0 Å². The van der Waals surface area contributed by atoms with Crippen molar-refractivity contribution in [1.82, 2.24) is 10.6 Å². The highest BCUT2D eigenvalue weighted by molar-refractivity contribution is 9.10. The zero-order chi connectivity index (χ0) is 15.7. The van der Waals surface area contributed by atoms with Gasteiger partial charge in [-0.1, -0.05) is 28.1 Å². The summed E-state index contributed by atoms with van der Waals surface area (Å²) in [7, 11) is 0. The van der Waals surface area contributed by atoms with Gasteiger partial charge in [-0.2, -0.15) is 0 Å². The Labute approximate surface area is 137 Å². The van der Waals surface area contributed by atoms with Crippen molar-refractivity contribution in [3.8, 4) is 0 Å². The van der Waals surface area contributed by atoms with Crippen LogP contribution in [-0.4, -0.2) is 18.6 Å². The Morgan fingerprint density at radius 3 is 2.82 bits per heavy atom. The third-order valence-electron chi connectivity index (χ3n) is 3.77. The lowest BCUT2D eigenvalue weighted by Gasteiger charge is -2.29. The van der Waals surface area contributed by atoms with Gasteiger partial charge in [0.2, 0.25) is 0 Å². The second kappa shape index (κ2) is 6.12. The molecule has 1 aliphatic carbocycles. The minimum atomic E-state index is -0.485. The number of carbonyl (C=O) groups is 2. The first kappa shape index (κ1) is 15.1. The molecule has 1 aromatic carbocycles. The Balaban J connectivity index is 2.06. The summed E-state index contributed by atoms with van der Waals surface area (Å²) >= 11 is 3.43. The zero-order valence-corrected chi connectivity index (χ0v) is 13.8. The van der Waals surface area contributed by atoms with Crippen molar-refractivity contribution in [2.75, 3.05) is 6.61 Å². The van der Waals surface area contributed by atoms with Gasteiger partial charge in [-0.25, -0.2) is 9.59 Å². The van der Waals surface area contributed by atoms with Crippen LogP contribution < -0.4 is 10.6 Å². The second-order valence-electron chi connectivity index (χ2n) is 5.41. The summed E-state index contributed by atoms with van der Waals surface area (Å²) in [5.41, 5.74) is 2.08. The van der Waals surface area contributed by atoms with Gasteiger partial charge in [0.15, 0.2) is 0 Å². The summed E-state index contributed by atoms with van der Waals surface area (Å²) < 4.78 is 6.10. The second-order valence-corrected chi connectivity index (χ2v) is 6.32. The highest BCUT2D eigenvalue weighted by Gasteiger charge is 2.39. The van der Waals surface area contributed by atoms with Gasteiger partial charge >= 0.3 is 12.0 Å². The lowest BCUT2D eigenvalue weighted by Crippen LogP contribution is -2.46. The fourth-order valence-electron chi connectivity index (χ4n) is 2.65. The van der Waals surface area contributed by atoms with Crippen LogP contribution in [0.25, 0.3) is 0 Å². The molecule has 3 rings (SSSR count). The van der Waals surface area contributed by atoms with Crippen LogP contribution in [0, 0.1) is 5.92 Å². The van der Waals surface area contributed by atoms with Crippen molar-refractivity contribution in [2.24, 2.45) is 5.92 Å². The fraction of sp³-hybridized carbons (Fsp3) is 0.375. The maximum atomic E-state index is 12.4. The van der Waals surface area contributed by atoms with E-state index in [2.05, 4.69) is 26.6 Å². The molecule has 0 spiro atoms. The number of benzene rings is 1. The quantitative estimate of drug-likeness (QED) is 0.806. The number of rotatable bonds is 4. The summed E-state index contributed by atoms with van der Waals surface area (Å²) in [6, 6.07) is 6.82. The Morgan fingerprint density at radius 1 is 1.41 bits per heavy atom. The van der Waals surface area contributed by atoms with E-state index in [0.29, 0.717) is 17.9 Å². The zero-order valence-electron chi connectivity index (χ0n) is 12.2. The standard InChI is InChI=1S/C16H17BrN2O3/c1-2-22-15(20)12-13(9-6-7-9)18-16(21)19-14(12)10-4-3-5-11(17)8-10/h3-5,8-9,14H,2,6-7H2,1H3,(H2,18,19,21). The Kier molecular flexibility index (Phi) is 4.20. The van der Waals surface area contributed by atoms with Gasteiger partial charge in [0, 0.05) is 10.2 Å². The SMILES string of the molecule is CCOC(=O)C1=C(C2CC2)NC(=O)NC1c1cccc(Br)c1. The molecule has 2 amide bonds. The van der Waals surface area contributed by atoms with E-state index in [9.17, 15) is 9.59 Å². The predicted octanol–water partition coefficient (Wildman–Crippen LogP) is 3.03. The molecule has 116 valence electrons. The van der Waals surface area contributed by atoms with Crippen LogP contribution in [-0.2, 0) is 9.53 Å². The lowest BCUT2D eigenvalue weighted by molar-refractivity contribution is -0.139.